The van der Waals surface area contributed by atoms with E-state index in [0.717, 1.165) is 18.5 Å². The molecule has 0 radical (unpaired) electrons. The van der Waals surface area contributed by atoms with Crippen LogP contribution in [0.15, 0.2) is 24.5 Å². The lowest BCUT2D eigenvalue weighted by molar-refractivity contribution is 0.368. The summed E-state index contributed by atoms with van der Waals surface area (Å²) in [4.78, 5) is 7.14. The summed E-state index contributed by atoms with van der Waals surface area (Å²) in [7, 11) is 1.24. The molecule has 1 heterocycles. The average Bonchev–Trinajstić information content (AvgIpc) is 2.35. The van der Waals surface area contributed by atoms with Gasteiger partial charge in [0.2, 0.25) is 5.82 Å². The van der Waals surface area contributed by atoms with E-state index in [9.17, 15) is 13.2 Å². The minimum absolute atomic E-state index is 0.101. The van der Waals surface area contributed by atoms with Crippen molar-refractivity contribution in [1.82, 2.24) is 9.97 Å². The van der Waals surface area contributed by atoms with Gasteiger partial charge in [-0.2, -0.15) is 9.37 Å². The third-order valence-electron chi connectivity index (χ3n) is 2.14. The van der Waals surface area contributed by atoms with Gasteiger partial charge in [-0.15, -0.1) is 0 Å². The van der Waals surface area contributed by atoms with Gasteiger partial charge in [0, 0.05) is 6.07 Å². The molecule has 0 saturated heterocycles. The normalized spacial score (nSPS) is 10.2. The lowest BCUT2D eigenvalue weighted by atomic mass is 10.3. The van der Waals surface area contributed by atoms with Crippen LogP contribution >= 0.6 is 0 Å². The van der Waals surface area contributed by atoms with Crippen LogP contribution in [0, 0.1) is 17.5 Å². The monoisotopic (exact) mass is 255 g/mol. The molecule has 4 nitrogen and oxygen atoms in total. The number of ether oxygens (including phenoxy) is 1. The van der Waals surface area contributed by atoms with Crippen LogP contribution in [-0.2, 0) is 0 Å². The second-order valence-electron chi connectivity index (χ2n) is 3.29. The van der Waals surface area contributed by atoms with Crippen molar-refractivity contribution in [3.63, 3.8) is 0 Å². The van der Waals surface area contributed by atoms with Crippen molar-refractivity contribution < 1.29 is 17.9 Å². The third kappa shape index (κ3) is 2.34. The summed E-state index contributed by atoms with van der Waals surface area (Å²) in [6.45, 7) is 0. The molecule has 0 atom stereocenters. The molecular formula is C11H8F3N3O. The first-order valence-electron chi connectivity index (χ1n) is 4.88. The average molecular weight is 255 g/mol. The van der Waals surface area contributed by atoms with Crippen molar-refractivity contribution in [3.05, 3.63) is 42.0 Å². The van der Waals surface area contributed by atoms with Gasteiger partial charge in [-0.3, -0.25) is 0 Å². The first kappa shape index (κ1) is 12.2. The van der Waals surface area contributed by atoms with Gasteiger partial charge in [-0.05, 0) is 12.1 Å². The standard InChI is InChI=1S/C11H8F3N3O/c1-18-11-9(14)10(15-5-16-11)17-8-3-2-6(12)4-7(8)13/h2-5H,1H3,(H,15,16,17). The molecule has 18 heavy (non-hydrogen) atoms. The molecule has 2 aromatic rings. The van der Waals surface area contributed by atoms with Gasteiger partial charge < -0.3 is 10.1 Å². The quantitative estimate of drug-likeness (QED) is 0.915. The predicted molar refractivity (Wildman–Crippen MR) is 58.2 cm³/mol. The van der Waals surface area contributed by atoms with Crippen LogP contribution in [0.1, 0.15) is 0 Å². The van der Waals surface area contributed by atoms with Gasteiger partial charge in [-0.1, -0.05) is 0 Å². The highest BCUT2D eigenvalue weighted by atomic mass is 19.1. The SMILES string of the molecule is COc1ncnc(Nc2ccc(F)cc2F)c1F. The fourth-order valence-electron chi connectivity index (χ4n) is 1.30. The van der Waals surface area contributed by atoms with Crippen molar-refractivity contribution in [2.24, 2.45) is 0 Å². The number of rotatable bonds is 3. The molecule has 2 rings (SSSR count). The molecule has 0 aliphatic rings. The zero-order valence-corrected chi connectivity index (χ0v) is 9.25. The zero-order chi connectivity index (χ0) is 13.1. The second kappa shape index (κ2) is 4.91. The fraction of sp³-hybridized carbons (Fsp3) is 0.0909. The summed E-state index contributed by atoms with van der Waals surface area (Å²) in [5, 5.41) is 2.39. The number of halogens is 3. The first-order valence-corrected chi connectivity index (χ1v) is 4.88. The maximum atomic E-state index is 13.7. The van der Waals surface area contributed by atoms with E-state index in [1.54, 1.807) is 0 Å². The third-order valence-corrected chi connectivity index (χ3v) is 2.14. The van der Waals surface area contributed by atoms with Gasteiger partial charge in [0.1, 0.15) is 18.0 Å². The van der Waals surface area contributed by atoms with E-state index in [2.05, 4.69) is 20.0 Å². The Morgan fingerprint density at radius 1 is 1.17 bits per heavy atom. The van der Waals surface area contributed by atoms with Crippen molar-refractivity contribution in [1.29, 1.82) is 0 Å². The summed E-state index contributed by atoms with van der Waals surface area (Å²) >= 11 is 0. The number of hydrogen-bond donors (Lipinski definition) is 1. The van der Waals surface area contributed by atoms with Crippen LogP contribution in [0.4, 0.5) is 24.7 Å². The van der Waals surface area contributed by atoms with E-state index >= 15 is 0 Å². The second-order valence-corrected chi connectivity index (χ2v) is 3.29. The number of nitrogens with one attached hydrogen (secondary N) is 1. The van der Waals surface area contributed by atoms with Gasteiger partial charge in [0.15, 0.2) is 5.82 Å². The summed E-state index contributed by atoms with van der Waals surface area (Å²) in [6, 6.07) is 2.86. The fourth-order valence-corrected chi connectivity index (χ4v) is 1.30. The minimum Gasteiger partial charge on any atom is -0.479 e. The van der Waals surface area contributed by atoms with Gasteiger partial charge in [-0.25, -0.2) is 13.8 Å². The first-order chi connectivity index (χ1) is 8.61. The molecule has 0 fully saturated rings. The topological polar surface area (TPSA) is 47.0 Å². The predicted octanol–water partition coefficient (Wildman–Crippen LogP) is 2.65. The molecule has 0 aliphatic heterocycles. The molecule has 7 heteroatoms. The Bertz CT molecular complexity index is 577. The Hall–Kier alpha value is -2.31. The summed E-state index contributed by atoms with van der Waals surface area (Å²) in [5.74, 6) is -2.96. The smallest absolute Gasteiger partial charge is 0.255 e. The highest BCUT2D eigenvalue weighted by Gasteiger charge is 2.13. The van der Waals surface area contributed by atoms with E-state index in [1.165, 1.54) is 7.11 Å². The van der Waals surface area contributed by atoms with Crippen molar-refractivity contribution >= 4 is 11.5 Å². The van der Waals surface area contributed by atoms with Gasteiger partial charge in [0.05, 0.1) is 12.8 Å². The van der Waals surface area contributed by atoms with E-state index in [-0.39, 0.29) is 17.4 Å². The molecule has 0 saturated carbocycles. The zero-order valence-electron chi connectivity index (χ0n) is 9.25. The van der Waals surface area contributed by atoms with Crippen molar-refractivity contribution in [2.75, 3.05) is 12.4 Å². The van der Waals surface area contributed by atoms with Crippen LogP contribution in [0.2, 0.25) is 0 Å². The van der Waals surface area contributed by atoms with E-state index < -0.39 is 17.5 Å². The number of hydrogen-bond acceptors (Lipinski definition) is 4. The molecule has 1 N–H and O–H groups in total. The Balaban J connectivity index is 2.34. The lowest BCUT2D eigenvalue weighted by Gasteiger charge is -2.08. The molecule has 0 spiro atoms. The largest absolute Gasteiger partial charge is 0.479 e. The number of benzene rings is 1. The Morgan fingerprint density at radius 3 is 2.61 bits per heavy atom. The summed E-state index contributed by atoms with van der Waals surface area (Å²) in [6.07, 6.45) is 1.06. The minimum atomic E-state index is -0.858. The Labute approximate surface area is 100 Å². The molecule has 0 unspecified atom stereocenters. The summed E-state index contributed by atoms with van der Waals surface area (Å²) < 4.78 is 44.4. The molecule has 0 aliphatic carbocycles. The summed E-state index contributed by atoms with van der Waals surface area (Å²) in [5.41, 5.74) is -0.101. The highest BCUT2D eigenvalue weighted by Crippen LogP contribution is 2.24. The number of nitrogens with zero attached hydrogens (tertiary/aromatic N) is 2. The molecule has 0 bridgehead atoms. The van der Waals surface area contributed by atoms with Crippen molar-refractivity contribution in [3.8, 4) is 5.88 Å². The van der Waals surface area contributed by atoms with E-state index in [0.29, 0.717) is 6.07 Å². The van der Waals surface area contributed by atoms with Crippen LogP contribution in [0.25, 0.3) is 0 Å². The molecule has 94 valence electrons. The van der Waals surface area contributed by atoms with E-state index in [4.69, 9.17) is 0 Å². The Morgan fingerprint density at radius 2 is 1.94 bits per heavy atom. The lowest BCUT2D eigenvalue weighted by Crippen LogP contribution is -2.02. The number of aromatic nitrogens is 2. The number of anilines is 2. The maximum Gasteiger partial charge on any atom is 0.255 e. The van der Waals surface area contributed by atoms with Gasteiger partial charge in [0.25, 0.3) is 5.88 Å². The van der Waals surface area contributed by atoms with E-state index in [1.807, 2.05) is 0 Å². The number of methoxy groups -OCH3 is 1. The highest BCUT2D eigenvalue weighted by molar-refractivity contribution is 5.57. The molecule has 1 aromatic heterocycles. The molecule has 1 aromatic carbocycles. The Kier molecular flexibility index (Phi) is 3.31. The van der Waals surface area contributed by atoms with Crippen molar-refractivity contribution in [2.45, 2.75) is 0 Å². The van der Waals surface area contributed by atoms with Crippen LogP contribution < -0.4 is 10.1 Å². The molecular weight excluding hydrogens is 247 g/mol. The van der Waals surface area contributed by atoms with Crippen LogP contribution in [0.5, 0.6) is 5.88 Å². The van der Waals surface area contributed by atoms with Crippen LogP contribution in [-0.4, -0.2) is 17.1 Å². The molecule has 0 amide bonds. The van der Waals surface area contributed by atoms with Gasteiger partial charge >= 0.3 is 0 Å². The maximum absolute atomic E-state index is 13.7. The van der Waals surface area contributed by atoms with Crippen LogP contribution in [0.3, 0.4) is 0 Å².